The minimum Gasteiger partial charge on any atom is -0.374 e. The van der Waals surface area contributed by atoms with Gasteiger partial charge in [-0.05, 0) is 27.7 Å². The van der Waals surface area contributed by atoms with Crippen LogP contribution in [0.2, 0.25) is 0 Å². The van der Waals surface area contributed by atoms with Crippen LogP contribution in [-0.4, -0.2) is 48.8 Å². The molecule has 0 aromatic rings. The van der Waals surface area contributed by atoms with Crippen molar-refractivity contribution >= 4 is 0 Å². The summed E-state index contributed by atoms with van der Waals surface area (Å²) < 4.78 is 5.73. The Balaban J connectivity index is 2.36. The monoisotopic (exact) mass is 224 g/mol. The average Bonchev–Trinajstić information content (AvgIpc) is 2.27. The van der Waals surface area contributed by atoms with Crippen molar-refractivity contribution in [3.8, 4) is 12.3 Å². The van der Waals surface area contributed by atoms with Gasteiger partial charge in [-0.15, -0.1) is 6.42 Å². The van der Waals surface area contributed by atoms with Gasteiger partial charge in [-0.25, -0.2) is 0 Å². The molecular formula is C13H24N2O. The zero-order valence-electron chi connectivity index (χ0n) is 10.9. The third kappa shape index (κ3) is 4.13. The molecule has 1 N–H and O–H groups in total. The van der Waals surface area contributed by atoms with Crippen LogP contribution in [0, 0.1) is 12.3 Å². The Labute approximate surface area is 99.5 Å². The van der Waals surface area contributed by atoms with E-state index in [4.69, 9.17) is 11.2 Å². The Kier molecular flexibility index (Phi) is 4.79. The van der Waals surface area contributed by atoms with Crippen molar-refractivity contribution in [2.75, 3.05) is 26.2 Å². The molecule has 3 nitrogen and oxygen atoms in total. The number of ether oxygens (including phenoxy) is 1. The molecule has 16 heavy (non-hydrogen) atoms. The van der Waals surface area contributed by atoms with Crippen LogP contribution in [0.4, 0.5) is 0 Å². The van der Waals surface area contributed by atoms with Gasteiger partial charge in [-0.3, -0.25) is 10.2 Å². The van der Waals surface area contributed by atoms with Crippen LogP contribution >= 0.6 is 0 Å². The van der Waals surface area contributed by atoms with Gasteiger partial charge in [-0.2, -0.15) is 0 Å². The lowest BCUT2D eigenvalue weighted by molar-refractivity contribution is -0.0386. The van der Waals surface area contributed by atoms with Crippen molar-refractivity contribution in [1.29, 1.82) is 0 Å². The Hall–Kier alpha value is -0.560. The Morgan fingerprint density at radius 2 is 2.25 bits per heavy atom. The molecule has 1 aliphatic heterocycles. The van der Waals surface area contributed by atoms with Gasteiger partial charge in [-0.1, -0.05) is 5.92 Å². The van der Waals surface area contributed by atoms with Gasteiger partial charge in [0.15, 0.2) is 0 Å². The van der Waals surface area contributed by atoms with Crippen molar-refractivity contribution in [1.82, 2.24) is 10.2 Å². The van der Waals surface area contributed by atoms with E-state index in [-0.39, 0.29) is 11.6 Å². The number of terminal acetylenes is 1. The topological polar surface area (TPSA) is 24.5 Å². The largest absolute Gasteiger partial charge is 0.374 e. The fourth-order valence-electron chi connectivity index (χ4n) is 1.75. The molecule has 1 saturated heterocycles. The summed E-state index contributed by atoms with van der Waals surface area (Å²) >= 11 is 0. The molecule has 92 valence electrons. The number of morpholine rings is 1. The zero-order chi connectivity index (χ0) is 12.2. The molecule has 0 spiro atoms. The summed E-state index contributed by atoms with van der Waals surface area (Å²) in [7, 11) is 0. The second-order valence-electron chi connectivity index (χ2n) is 5.23. The highest BCUT2D eigenvalue weighted by molar-refractivity contribution is 5.07. The van der Waals surface area contributed by atoms with Crippen LogP contribution < -0.4 is 5.32 Å². The van der Waals surface area contributed by atoms with E-state index in [2.05, 4.69) is 30.0 Å². The zero-order valence-corrected chi connectivity index (χ0v) is 10.9. The molecule has 1 aliphatic rings. The second-order valence-corrected chi connectivity index (χ2v) is 5.23. The highest BCUT2D eigenvalue weighted by Crippen LogP contribution is 2.09. The second kappa shape index (κ2) is 5.67. The maximum atomic E-state index is 5.73. The van der Waals surface area contributed by atoms with E-state index in [9.17, 15) is 0 Å². The SMILES string of the molecule is C#CC(C)(C)NCC1CN(C(C)C)CCO1. The molecule has 0 aromatic heterocycles. The number of hydrogen-bond acceptors (Lipinski definition) is 3. The van der Waals surface area contributed by atoms with E-state index >= 15 is 0 Å². The minimum atomic E-state index is -0.247. The third-order valence-electron chi connectivity index (χ3n) is 3.03. The molecule has 1 fully saturated rings. The Morgan fingerprint density at radius 1 is 1.56 bits per heavy atom. The number of rotatable bonds is 4. The molecule has 0 aromatic carbocycles. The first-order valence-electron chi connectivity index (χ1n) is 6.03. The van der Waals surface area contributed by atoms with Gasteiger partial charge in [0.2, 0.25) is 0 Å². The van der Waals surface area contributed by atoms with Gasteiger partial charge in [0.1, 0.15) is 0 Å². The molecule has 1 atom stereocenters. The van der Waals surface area contributed by atoms with Gasteiger partial charge in [0.25, 0.3) is 0 Å². The van der Waals surface area contributed by atoms with Gasteiger partial charge in [0, 0.05) is 25.7 Å². The maximum absolute atomic E-state index is 5.73. The van der Waals surface area contributed by atoms with Crippen LogP contribution in [0.15, 0.2) is 0 Å². The van der Waals surface area contributed by atoms with E-state index < -0.39 is 0 Å². The maximum Gasteiger partial charge on any atom is 0.0827 e. The molecule has 3 heteroatoms. The lowest BCUT2D eigenvalue weighted by atomic mass is 10.1. The van der Waals surface area contributed by atoms with E-state index in [0.717, 1.165) is 26.2 Å². The summed E-state index contributed by atoms with van der Waals surface area (Å²) in [6, 6.07) is 0.590. The number of nitrogens with one attached hydrogen (secondary N) is 1. The summed E-state index contributed by atoms with van der Waals surface area (Å²) in [6.45, 7) is 12.1. The summed E-state index contributed by atoms with van der Waals surface area (Å²) in [6.07, 6.45) is 5.69. The van der Waals surface area contributed by atoms with Crippen molar-refractivity contribution in [2.45, 2.75) is 45.4 Å². The first kappa shape index (κ1) is 13.5. The normalized spacial score (nSPS) is 23.4. The first-order valence-corrected chi connectivity index (χ1v) is 6.03. The molecule has 0 radical (unpaired) electrons. The van der Waals surface area contributed by atoms with Crippen molar-refractivity contribution in [3.05, 3.63) is 0 Å². The summed E-state index contributed by atoms with van der Waals surface area (Å²) in [5, 5.41) is 3.35. The first-order chi connectivity index (χ1) is 7.44. The predicted molar refractivity (Wildman–Crippen MR) is 67.4 cm³/mol. The minimum absolute atomic E-state index is 0.247. The van der Waals surface area contributed by atoms with Crippen LogP contribution in [0.1, 0.15) is 27.7 Å². The molecule has 1 heterocycles. The van der Waals surface area contributed by atoms with Crippen LogP contribution in [0.5, 0.6) is 0 Å². The lowest BCUT2D eigenvalue weighted by Crippen LogP contribution is -2.51. The van der Waals surface area contributed by atoms with E-state index in [0.29, 0.717) is 6.04 Å². The molecular weight excluding hydrogens is 200 g/mol. The molecule has 0 aliphatic carbocycles. The number of nitrogens with zero attached hydrogens (tertiary/aromatic N) is 1. The molecule has 0 amide bonds. The van der Waals surface area contributed by atoms with Crippen molar-refractivity contribution in [3.63, 3.8) is 0 Å². The summed E-state index contributed by atoms with van der Waals surface area (Å²) in [5.41, 5.74) is -0.247. The predicted octanol–water partition coefficient (Wildman–Crippen LogP) is 1.10. The highest BCUT2D eigenvalue weighted by Gasteiger charge is 2.23. The smallest absolute Gasteiger partial charge is 0.0827 e. The van der Waals surface area contributed by atoms with Crippen LogP contribution in [0.3, 0.4) is 0 Å². The Morgan fingerprint density at radius 3 is 2.81 bits per heavy atom. The summed E-state index contributed by atoms with van der Waals surface area (Å²) in [5.74, 6) is 2.73. The van der Waals surface area contributed by atoms with E-state index in [1.165, 1.54) is 0 Å². The van der Waals surface area contributed by atoms with Crippen molar-refractivity contribution < 1.29 is 4.74 Å². The molecule has 0 saturated carbocycles. The van der Waals surface area contributed by atoms with Gasteiger partial charge >= 0.3 is 0 Å². The van der Waals surface area contributed by atoms with Gasteiger partial charge < -0.3 is 4.74 Å². The van der Waals surface area contributed by atoms with Crippen LogP contribution in [-0.2, 0) is 4.74 Å². The van der Waals surface area contributed by atoms with Crippen molar-refractivity contribution in [2.24, 2.45) is 0 Å². The fourth-order valence-corrected chi connectivity index (χ4v) is 1.75. The summed E-state index contributed by atoms with van der Waals surface area (Å²) in [4.78, 5) is 2.44. The van der Waals surface area contributed by atoms with E-state index in [1.54, 1.807) is 0 Å². The fraction of sp³-hybridized carbons (Fsp3) is 0.846. The average molecular weight is 224 g/mol. The molecule has 0 bridgehead atoms. The van der Waals surface area contributed by atoms with E-state index in [1.807, 2.05) is 13.8 Å². The lowest BCUT2D eigenvalue weighted by Gasteiger charge is -2.36. The third-order valence-corrected chi connectivity index (χ3v) is 3.03. The standard InChI is InChI=1S/C13H24N2O/c1-6-13(4,5)14-9-12-10-15(11(2)3)7-8-16-12/h1,11-12,14H,7-10H2,2-5H3. The van der Waals surface area contributed by atoms with Crippen LogP contribution in [0.25, 0.3) is 0 Å². The number of hydrogen-bond donors (Lipinski definition) is 1. The molecule has 1 unspecified atom stereocenters. The quantitative estimate of drug-likeness (QED) is 0.724. The molecule has 1 rings (SSSR count). The van der Waals surface area contributed by atoms with Gasteiger partial charge in [0.05, 0.1) is 18.2 Å². The highest BCUT2D eigenvalue weighted by atomic mass is 16.5. The Bertz CT molecular complexity index is 255.